The molecule has 0 radical (unpaired) electrons. The minimum absolute atomic E-state index is 0.0325. The topological polar surface area (TPSA) is 61.4 Å². The fraction of sp³-hybridized carbons (Fsp3) is 0. The summed E-state index contributed by atoms with van der Waals surface area (Å²) in [6, 6.07) is 8.13. The van der Waals surface area contributed by atoms with E-state index in [9.17, 15) is 18.7 Å². The van der Waals surface area contributed by atoms with Crippen LogP contribution in [0.15, 0.2) is 42.5 Å². The van der Waals surface area contributed by atoms with Gasteiger partial charge in [-0.15, -0.1) is 0 Å². The second-order valence-corrected chi connectivity index (χ2v) is 5.97. The van der Waals surface area contributed by atoms with Crippen molar-refractivity contribution in [1.82, 2.24) is 0 Å². The van der Waals surface area contributed by atoms with Crippen molar-refractivity contribution in [2.45, 2.75) is 0 Å². The van der Waals surface area contributed by atoms with Crippen LogP contribution in [0.5, 0.6) is 5.75 Å². The Hall–Kier alpha value is -2.57. The Bertz CT molecular complexity index is 996. The quantitative estimate of drug-likeness (QED) is 0.526. The van der Waals surface area contributed by atoms with Crippen molar-refractivity contribution in [3.8, 4) is 5.75 Å². The van der Waals surface area contributed by atoms with Gasteiger partial charge in [-0.25, -0.2) is 13.6 Å². The first-order valence-corrected chi connectivity index (χ1v) is 7.74. The molecule has 128 valence electrons. The Kier molecular flexibility index (Phi) is 4.65. The third kappa shape index (κ3) is 3.60. The van der Waals surface area contributed by atoms with E-state index in [-0.39, 0.29) is 22.1 Å². The molecular formula is C17H10Cl2F2N2O2. The fourth-order valence-corrected chi connectivity index (χ4v) is 2.90. The first kappa shape index (κ1) is 17.3. The molecule has 4 nitrogen and oxygen atoms in total. The third-order valence-corrected chi connectivity index (χ3v) is 4.05. The fourth-order valence-electron chi connectivity index (χ4n) is 2.31. The summed E-state index contributed by atoms with van der Waals surface area (Å²) in [6.45, 7) is 0. The number of fused-ring (bicyclic) bond motifs is 1. The summed E-state index contributed by atoms with van der Waals surface area (Å²) < 4.78 is 26.1. The summed E-state index contributed by atoms with van der Waals surface area (Å²) in [6.07, 6.45) is 0. The van der Waals surface area contributed by atoms with E-state index in [0.717, 1.165) is 12.1 Å². The van der Waals surface area contributed by atoms with E-state index in [4.69, 9.17) is 23.2 Å². The van der Waals surface area contributed by atoms with Crippen LogP contribution in [-0.2, 0) is 0 Å². The molecule has 3 N–H and O–H groups in total. The molecule has 0 heterocycles. The summed E-state index contributed by atoms with van der Waals surface area (Å²) in [5, 5.41) is 16.1. The zero-order valence-corrected chi connectivity index (χ0v) is 13.9. The van der Waals surface area contributed by atoms with E-state index in [1.165, 1.54) is 24.3 Å². The van der Waals surface area contributed by atoms with Gasteiger partial charge in [-0.3, -0.25) is 0 Å². The third-order valence-electron chi connectivity index (χ3n) is 3.44. The monoisotopic (exact) mass is 382 g/mol. The van der Waals surface area contributed by atoms with E-state index in [1.54, 1.807) is 6.07 Å². The molecule has 0 aliphatic carbocycles. The van der Waals surface area contributed by atoms with Crippen LogP contribution >= 0.6 is 23.2 Å². The number of anilines is 2. The minimum Gasteiger partial charge on any atom is -0.508 e. The second kappa shape index (κ2) is 6.74. The molecule has 0 spiro atoms. The van der Waals surface area contributed by atoms with Crippen LogP contribution in [0.25, 0.3) is 10.8 Å². The largest absolute Gasteiger partial charge is 0.508 e. The maximum absolute atomic E-state index is 13.2. The number of carbonyl (C=O) groups excluding carboxylic acids is 1. The summed E-state index contributed by atoms with van der Waals surface area (Å²) in [5.74, 6) is -2.14. The normalized spacial score (nSPS) is 10.7. The predicted molar refractivity (Wildman–Crippen MR) is 94.6 cm³/mol. The van der Waals surface area contributed by atoms with E-state index in [2.05, 4.69) is 10.6 Å². The molecule has 0 bridgehead atoms. The van der Waals surface area contributed by atoms with Crippen LogP contribution in [0, 0.1) is 11.6 Å². The average molecular weight is 383 g/mol. The van der Waals surface area contributed by atoms with Crippen LogP contribution in [0.1, 0.15) is 0 Å². The lowest BCUT2D eigenvalue weighted by Gasteiger charge is -2.13. The molecule has 8 heteroatoms. The lowest BCUT2D eigenvalue weighted by molar-refractivity contribution is 0.262. The number of hydrogen-bond donors (Lipinski definition) is 3. The number of benzene rings is 3. The molecule has 0 saturated carbocycles. The highest BCUT2D eigenvalue weighted by atomic mass is 35.5. The van der Waals surface area contributed by atoms with E-state index >= 15 is 0 Å². The number of phenolic OH excluding ortho intramolecular Hbond substituents is 1. The van der Waals surface area contributed by atoms with Crippen LogP contribution in [0.4, 0.5) is 25.0 Å². The van der Waals surface area contributed by atoms with E-state index in [0.29, 0.717) is 15.8 Å². The lowest BCUT2D eigenvalue weighted by Crippen LogP contribution is -2.20. The SMILES string of the molecule is O=C(Nc1ccc(F)c(F)c1)Nc1c(Cl)cc(Cl)c2ccc(O)cc12. The number of amides is 2. The number of hydrogen-bond acceptors (Lipinski definition) is 2. The number of aromatic hydroxyl groups is 1. The Morgan fingerprint density at radius 3 is 2.36 bits per heavy atom. The summed E-state index contributed by atoms with van der Waals surface area (Å²) in [5.41, 5.74) is 0.283. The molecule has 0 aromatic heterocycles. The Morgan fingerprint density at radius 2 is 1.64 bits per heavy atom. The standard InChI is InChI=1S/C17H10Cl2F2N2O2/c18-12-7-13(19)16(11-6-9(24)2-3-10(11)12)23-17(25)22-8-1-4-14(20)15(21)5-8/h1-7,24H,(H2,22,23,25). The van der Waals surface area contributed by atoms with Crippen molar-refractivity contribution in [2.75, 3.05) is 10.6 Å². The molecule has 2 amide bonds. The van der Waals surface area contributed by atoms with Crippen LogP contribution in [0.3, 0.4) is 0 Å². The van der Waals surface area contributed by atoms with Crippen LogP contribution in [0.2, 0.25) is 10.0 Å². The lowest BCUT2D eigenvalue weighted by atomic mass is 10.1. The summed E-state index contributed by atoms with van der Waals surface area (Å²) >= 11 is 12.2. The Labute approximate surface area is 151 Å². The van der Waals surface area contributed by atoms with E-state index < -0.39 is 17.7 Å². The second-order valence-electron chi connectivity index (χ2n) is 5.15. The molecule has 3 aromatic rings. The van der Waals surface area contributed by atoms with Gasteiger partial charge in [0.25, 0.3) is 0 Å². The number of halogens is 4. The van der Waals surface area contributed by atoms with E-state index in [1.807, 2.05) is 0 Å². The highest BCUT2D eigenvalue weighted by Crippen LogP contribution is 2.38. The van der Waals surface area contributed by atoms with Crippen LogP contribution in [-0.4, -0.2) is 11.1 Å². The molecule has 0 fully saturated rings. The maximum atomic E-state index is 13.2. The highest BCUT2D eigenvalue weighted by Gasteiger charge is 2.14. The van der Waals surface area contributed by atoms with Crippen molar-refractivity contribution >= 4 is 51.4 Å². The van der Waals surface area contributed by atoms with Gasteiger partial charge < -0.3 is 15.7 Å². The van der Waals surface area contributed by atoms with Gasteiger partial charge in [-0.2, -0.15) is 0 Å². The predicted octanol–water partition coefficient (Wildman–Crippen LogP) is 5.77. The minimum atomic E-state index is -1.09. The van der Waals surface area contributed by atoms with Crippen molar-refractivity contribution < 1.29 is 18.7 Å². The van der Waals surface area contributed by atoms with Crippen LogP contribution < -0.4 is 10.6 Å². The number of rotatable bonds is 2. The Morgan fingerprint density at radius 1 is 0.880 bits per heavy atom. The number of nitrogens with one attached hydrogen (secondary N) is 2. The first-order chi connectivity index (χ1) is 11.8. The maximum Gasteiger partial charge on any atom is 0.323 e. The number of phenols is 1. The van der Waals surface area contributed by atoms with Crippen molar-refractivity contribution in [1.29, 1.82) is 0 Å². The van der Waals surface area contributed by atoms with Gasteiger partial charge in [0.15, 0.2) is 11.6 Å². The number of urea groups is 1. The van der Waals surface area contributed by atoms with Crippen molar-refractivity contribution in [2.24, 2.45) is 0 Å². The molecule has 0 saturated heterocycles. The number of carbonyl (C=O) groups is 1. The van der Waals surface area contributed by atoms with Gasteiger partial charge in [0, 0.05) is 22.5 Å². The summed E-state index contributed by atoms with van der Waals surface area (Å²) in [4.78, 5) is 12.2. The molecule has 3 aromatic carbocycles. The highest BCUT2D eigenvalue weighted by molar-refractivity contribution is 6.41. The molecule has 3 rings (SSSR count). The van der Waals surface area contributed by atoms with Gasteiger partial charge >= 0.3 is 6.03 Å². The van der Waals surface area contributed by atoms with Crippen molar-refractivity contribution in [3.05, 3.63) is 64.1 Å². The molecular weight excluding hydrogens is 373 g/mol. The molecule has 0 atom stereocenters. The van der Waals surface area contributed by atoms with Gasteiger partial charge in [-0.05, 0) is 36.4 Å². The van der Waals surface area contributed by atoms with Gasteiger partial charge in [0.1, 0.15) is 5.75 Å². The Balaban J connectivity index is 1.93. The zero-order valence-electron chi connectivity index (χ0n) is 12.4. The molecule has 25 heavy (non-hydrogen) atoms. The average Bonchev–Trinajstić information content (AvgIpc) is 2.54. The molecule has 0 aliphatic rings. The zero-order chi connectivity index (χ0) is 18.1. The van der Waals surface area contributed by atoms with Gasteiger partial charge in [0.2, 0.25) is 0 Å². The smallest absolute Gasteiger partial charge is 0.323 e. The van der Waals surface area contributed by atoms with Gasteiger partial charge in [-0.1, -0.05) is 23.2 Å². The first-order valence-electron chi connectivity index (χ1n) is 6.99. The summed E-state index contributed by atoms with van der Waals surface area (Å²) in [7, 11) is 0. The molecule has 0 unspecified atom stereocenters. The van der Waals surface area contributed by atoms with Gasteiger partial charge in [0.05, 0.1) is 15.7 Å². The molecule has 0 aliphatic heterocycles. The van der Waals surface area contributed by atoms with Crippen molar-refractivity contribution in [3.63, 3.8) is 0 Å².